The molecule has 38 heavy (non-hydrogen) atoms. The number of amides is 2. The van der Waals surface area contributed by atoms with Gasteiger partial charge in [0.25, 0.3) is 11.7 Å². The van der Waals surface area contributed by atoms with Crippen molar-refractivity contribution in [3.05, 3.63) is 94.0 Å². The molecule has 1 aliphatic heterocycles. The van der Waals surface area contributed by atoms with E-state index in [0.29, 0.717) is 22.7 Å². The number of methoxy groups -OCH3 is 1. The van der Waals surface area contributed by atoms with Gasteiger partial charge in [-0.1, -0.05) is 56.6 Å². The Morgan fingerprint density at radius 2 is 1.63 bits per heavy atom. The maximum Gasteiger partial charge on any atom is 0.300 e. The topological polar surface area (TPSA) is 95.9 Å². The zero-order valence-electron chi connectivity index (χ0n) is 21.8. The standard InChI is InChI=1S/C30H29ClN2O5/c1-17(34)32-20-10-12-21(13-11-20)33-26(18-6-8-19(9-7-18)30(2,3)4)25(28(36)29(33)37)27(35)23-16-22(38-5)14-15-24(23)31/h6-16,26,35H,1-5H3,(H,32,34)/b27-25+. The zero-order valence-corrected chi connectivity index (χ0v) is 22.6. The first kappa shape index (κ1) is 26.9. The Hall–Kier alpha value is -4.10. The number of carbonyl (C=O) groups is 3. The minimum Gasteiger partial charge on any atom is -0.507 e. The van der Waals surface area contributed by atoms with Crippen LogP contribution in [0.3, 0.4) is 0 Å². The minimum atomic E-state index is -0.919. The fraction of sp³-hybridized carbons (Fsp3) is 0.233. The van der Waals surface area contributed by atoms with Crippen molar-refractivity contribution < 1.29 is 24.2 Å². The third kappa shape index (κ3) is 5.15. The van der Waals surface area contributed by atoms with Crippen LogP contribution in [0.25, 0.3) is 5.76 Å². The van der Waals surface area contributed by atoms with Gasteiger partial charge in [0.2, 0.25) is 5.91 Å². The van der Waals surface area contributed by atoms with E-state index in [4.69, 9.17) is 16.3 Å². The van der Waals surface area contributed by atoms with Gasteiger partial charge in [-0.2, -0.15) is 0 Å². The second kappa shape index (κ2) is 10.3. The van der Waals surface area contributed by atoms with E-state index in [2.05, 4.69) is 26.1 Å². The Balaban J connectivity index is 1.91. The summed E-state index contributed by atoms with van der Waals surface area (Å²) in [6.07, 6.45) is 0. The van der Waals surface area contributed by atoms with Crippen LogP contribution in [-0.4, -0.2) is 29.8 Å². The third-order valence-electron chi connectivity index (χ3n) is 6.43. The van der Waals surface area contributed by atoms with Crippen molar-refractivity contribution in [2.45, 2.75) is 39.2 Å². The number of aliphatic hydroxyl groups excluding tert-OH is 1. The number of ether oxygens (including phenoxy) is 1. The molecule has 1 unspecified atom stereocenters. The van der Waals surface area contributed by atoms with E-state index in [1.807, 2.05) is 24.3 Å². The lowest BCUT2D eigenvalue weighted by atomic mass is 9.85. The van der Waals surface area contributed by atoms with E-state index < -0.39 is 23.5 Å². The lowest BCUT2D eigenvalue weighted by Gasteiger charge is -2.27. The van der Waals surface area contributed by atoms with Gasteiger partial charge in [-0.3, -0.25) is 19.3 Å². The number of aliphatic hydroxyl groups is 1. The minimum absolute atomic E-state index is 0.0837. The number of halogens is 1. The number of Topliss-reactive ketones (excluding diaryl/α,β-unsaturated/α-hetero) is 1. The lowest BCUT2D eigenvalue weighted by molar-refractivity contribution is -0.132. The Bertz CT molecular complexity index is 1440. The molecule has 0 aromatic heterocycles. The summed E-state index contributed by atoms with van der Waals surface area (Å²) in [5.41, 5.74) is 2.70. The van der Waals surface area contributed by atoms with Gasteiger partial charge in [0, 0.05) is 23.9 Å². The first-order valence-electron chi connectivity index (χ1n) is 12.1. The highest BCUT2D eigenvalue weighted by atomic mass is 35.5. The van der Waals surface area contributed by atoms with Gasteiger partial charge in [0.15, 0.2) is 0 Å². The molecule has 1 heterocycles. The molecular formula is C30H29ClN2O5. The van der Waals surface area contributed by atoms with Crippen LogP contribution in [0.5, 0.6) is 5.75 Å². The van der Waals surface area contributed by atoms with Crippen molar-refractivity contribution in [3.63, 3.8) is 0 Å². The molecule has 8 heteroatoms. The van der Waals surface area contributed by atoms with Crippen LogP contribution >= 0.6 is 11.6 Å². The van der Waals surface area contributed by atoms with Gasteiger partial charge >= 0.3 is 0 Å². The Kier molecular flexibility index (Phi) is 7.33. The van der Waals surface area contributed by atoms with E-state index in [-0.39, 0.29) is 27.5 Å². The number of hydrogen-bond donors (Lipinski definition) is 2. The average Bonchev–Trinajstić information content (AvgIpc) is 3.14. The Labute approximate surface area is 226 Å². The quantitative estimate of drug-likeness (QED) is 0.231. The van der Waals surface area contributed by atoms with Gasteiger partial charge in [-0.05, 0) is 59.0 Å². The Morgan fingerprint density at radius 1 is 1.00 bits per heavy atom. The first-order chi connectivity index (χ1) is 17.9. The van der Waals surface area contributed by atoms with Crippen molar-refractivity contribution in [2.24, 2.45) is 0 Å². The number of ketones is 1. The summed E-state index contributed by atoms with van der Waals surface area (Å²) in [5, 5.41) is 14.3. The van der Waals surface area contributed by atoms with Crippen molar-refractivity contribution in [1.82, 2.24) is 0 Å². The van der Waals surface area contributed by atoms with Crippen molar-refractivity contribution in [2.75, 3.05) is 17.3 Å². The second-order valence-electron chi connectivity index (χ2n) is 10.1. The molecule has 1 aliphatic rings. The number of carbonyl (C=O) groups excluding carboxylic acids is 3. The molecule has 0 spiro atoms. The molecule has 3 aromatic rings. The smallest absolute Gasteiger partial charge is 0.300 e. The van der Waals surface area contributed by atoms with Gasteiger partial charge in [0.1, 0.15) is 11.5 Å². The zero-order chi connectivity index (χ0) is 27.8. The number of nitrogens with zero attached hydrogens (tertiary/aromatic N) is 1. The van der Waals surface area contributed by atoms with Crippen LogP contribution < -0.4 is 15.0 Å². The molecule has 3 aromatic carbocycles. The maximum atomic E-state index is 13.5. The highest BCUT2D eigenvalue weighted by Crippen LogP contribution is 2.44. The lowest BCUT2D eigenvalue weighted by Crippen LogP contribution is -2.29. The van der Waals surface area contributed by atoms with Crippen LogP contribution in [0.1, 0.15) is 50.4 Å². The molecule has 7 nitrogen and oxygen atoms in total. The summed E-state index contributed by atoms with van der Waals surface area (Å²) in [6, 6.07) is 18.0. The van der Waals surface area contributed by atoms with Gasteiger partial charge in [0.05, 0.1) is 23.7 Å². The molecule has 1 atom stereocenters. The van der Waals surface area contributed by atoms with Crippen LogP contribution in [0.4, 0.5) is 11.4 Å². The molecule has 0 aliphatic carbocycles. The number of hydrogen-bond acceptors (Lipinski definition) is 5. The SMILES string of the molecule is COc1ccc(Cl)c(/C(O)=C2\C(=O)C(=O)N(c3ccc(NC(C)=O)cc3)C2c2ccc(C(C)(C)C)cc2)c1. The summed E-state index contributed by atoms with van der Waals surface area (Å²) in [5.74, 6) is -1.81. The summed E-state index contributed by atoms with van der Waals surface area (Å²) in [6.45, 7) is 7.68. The first-order valence-corrected chi connectivity index (χ1v) is 12.4. The van der Waals surface area contributed by atoms with Crippen molar-refractivity contribution >= 4 is 46.3 Å². The van der Waals surface area contributed by atoms with E-state index in [1.54, 1.807) is 36.4 Å². The second-order valence-corrected chi connectivity index (χ2v) is 10.5. The van der Waals surface area contributed by atoms with E-state index in [9.17, 15) is 19.5 Å². The molecular weight excluding hydrogens is 504 g/mol. The van der Waals surface area contributed by atoms with E-state index >= 15 is 0 Å². The van der Waals surface area contributed by atoms with Crippen LogP contribution in [-0.2, 0) is 19.8 Å². The number of nitrogens with one attached hydrogen (secondary N) is 1. The van der Waals surface area contributed by atoms with Crippen LogP contribution in [0, 0.1) is 0 Å². The van der Waals surface area contributed by atoms with Crippen molar-refractivity contribution in [1.29, 1.82) is 0 Å². The predicted molar refractivity (Wildman–Crippen MR) is 149 cm³/mol. The van der Waals surface area contributed by atoms with E-state index in [0.717, 1.165) is 5.56 Å². The normalized spacial score (nSPS) is 17.0. The van der Waals surface area contributed by atoms with Crippen molar-refractivity contribution in [3.8, 4) is 5.75 Å². The number of anilines is 2. The molecule has 0 radical (unpaired) electrons. The summed E-state index contributed by atoms with van der Waals surface area (Å²) in [7, 11) is 1.48. The largest absolute Gasteiger partial charge is 0.507 e. The molecule has 0 saturated carbocycles. The summed E-state index contributed by atoms with van der Waals surface area (Å²) >= 11 is 6.39. The van der Waals surface area contributed by atoms with Gasteiger partial charge < -0.3 is 15.2 Å². The fourth-order valence-electron chi connectivity index (χ4n) is 4.45. The predicted octanol–water partition coefficient (Wildman–Crippen LogP) is 6.23. The summed E-state index contributed by atoms with van der Waals surface area (Å²) in [4.78, 5) is 39.7. The average molecular weight is 533 g/mol. The molecule has 2 amide bonds. The molecule has 196 valence electrons. The monoisotopic (exact) mass is 532 g/mol. The number of rotatable bonds is 5. The van der Waals surface area contributed by atoms with E-state index in [1.165, 1.54) is 25.0 Å². The van der Waals surface area contributed by atoms with Gasteiger partial charge in [-0.25, -0.2) is 0 Å². The maximum absolute atomic E-state index is 13.5. The van der Waals surface area contributed by atoms with Crippen LogP contribution in [0.2, 0.25) is 5.02 Å². The fourth-order valence-corrected chi connectivity index (χ4v) is 4.65. The Morgan fingerprint density at radius 3 is 2.18 bits per heavy atom. The molecule has 1 fully saturated rings. The summed E-state index contributed by atoms with van der Waals surface area (Å²) < 4.78 is 5.27. The van der Waals surface area contributed by atoms with Gasteiger partial charge in [-0.15, -0.1) is 0 Å². The highest BCUT2D eigenvalue weighted by Gasteiger charge is 2.47. The molecule has 4 rings (SSSR count). The molecule has 2 N–H and O–H groups in total. The molecule has 0 bridgehead atoms. The highest BCUT2D eigenvalue weighted by molar-refractivity contribution is 6.52. The molecule has 1 saturated heterocycles. The van der Waals surface area contributed by atoms with Crippen LogP contribution in [0.15, 0.2) is 72.3 Å². The third-order valence-corrected chi connectivity index (χ3v) is 6.76. The number of benzene rings is 3.